The van der Waals surface area contributed by atoms with Crippen LogP contribution in [0.3, 0.4) is 0 Å². The van der Waals surface area contributed by atoms with Gasteiger partial charge in [0.2, 0.25) is 0 Å². The normalized spacial score (nSPS) is 23.2. The van der Waals surface area contributed by atoms with Gasteiger partial charge in [0.1, 0.15) is 0 Å². The lowest BCUT2D eigenvalue weighted by Crippen LogP contribution is -2.03. The summed E-state index contributed by atoms with van der Waals surface area (Å²) in [7, 11) is 0. The van der Waals surface area contributed by atoms with Gasteiger partial charge in [-0.3, -0.25) is 4.79 Å². The highest BCUT2D eigenvalue weighted by molar-refractivity contribution is 5.68. The second-order valence-electron chi connectivity index (χ2n) is 5.02. The zero-order valence-corrected chi connectivity index (χ0v) is 10.1. The van der Waals surface area contributed by atoms with Crippen LogP contribution >= 0.6 is 0 Å². The molecule has 2 unspecified atom stereocenters. The number of aryl methyl sites for hydroxylation is 2. The number of carboxylic acid groups (broad SMARTS) is 1. The van der Waals surface area contributed by atoms with Crippen LogP contribution in [0.5, 0.6) is 0 Å². The Kier molecular flexibility index (Phi) is 2.75. The molecule has 1 aromatic carbocycles. The highest BCUT2D eigenvalue weighted by Gasteiger charge is 2.30. The molecule has 0 radical (unpaired) electrons. The third-order valence-electron chi connectivity index (χ3n) is 3.55. The van der Waals surface area contributed by atoms with Crippen LogP contribution in [0.25, 0.3) is 0 Å². The molecule has 0 amide bonds. The van der Waals surface area contributed by atoms with E-state index in [1.165, 1.54) is 22.3 Å². The average Bonchev–Trinajstić information content (AvgIpc) is 2.41. The minimum Gasteiger partial charge on any atom is -0.481 e. The van der Waals surface area contributed by atoms with E-state index >= 15 is 0 Å². The van der Waals surface area contributed by atoms with Crippen molar-refractivity contribution >= 4 is 5.97 Å². The van der Waals surface area contributed by atoms with E-state index in [1.54, 1.807) is 0 Å². The molecule has 0 aliphatic heterocycles. The number of carbonyl (C=O) groups is 1. The van der Waals surface area contributed by atoms with Gasteiger partial charge in [-0.25, -0.2) is 0 Å². The zero-order valence-electron chi connectivity index (χ0n) is 10.1. The van der Waals surface area contributed by atoms with Gasteiger partial charge < -0.3 is 5.11 Å². The van der Waals surface area contributed by atoms with Crippen molar-refractivity contribution in [3.8, 4) is 0 Å². The summed E-state index contributed by atoms with van der Waals surface area (Å²) >= 11 is 0. The van der Waals surface area contributed by atoms with Gasteiger partial charge in [0.25, 0.3) is 0 Å². The van der Waals surface area contributed by atoms with E-state index < -0.39 is 5.97 Å². The summed E-state index contributed by atoms with van der Waals surface area (Å²) in [4.78, 5) is 10.8. The molecule has 2 heteroatoms. The fourth-order valence-electron chi connectivity index (χ4n) is 3.10. The number of hydrogen-bond acceptors (Lipinski definition) is 1. The van der Waals surface area contributed by atoms with Gasteiger partial charge in [0.15, 0.2) is 0 Å². The van der Waals surface area contributed by atoms with Gasteiger partial charge in [-0.05, 0) is 48.8 Å². The molecule has 1 aliphatic carbocycles. The molecule has 0 saturated heterocycles. The summed E-state index contributed by atoms with van der Waals surface area (Å²) in [6.45, 7) is 6.41. The van der Waals surface area contributed by atoms with Gasteiger partial charge in [-0.2, -0.15) is 0 Å². The topological polar surface area (TPSA) is 37.3 Å². The maximum atomic E-state index is 10.8. The van der Waals surface area contributed by atoms with Crippen molar-refractivity contribution in [2.24, 2.45) is 0 Å². The summed E-state index contributed by atoms with van der Waals surface area (Å²) in [5.41, 5.74) is 5.21. The molecule has 86 valence electrons. The molecular weight excluding hydrogens is 200 g/mol. The van der Waals surface area contributed by atoms with Crippen LogP contribution in [0.2, 0.25) is 0 Å². The number of carboxylic acids is 1. The number of aliphatic carboxylic acids is 1. The first-order valence-electron chi connectivity index (χ1n) is 5.82. The fourth-order valence-corrected chi connectivity index (χ4v) is 3.10. The molecule has 1 aromatic rings. The van der Waals surface area contributed by atoms with E-state index in [4.69, 9.17) is 5.11 Å². The highest BCUT2D eigenvalue weighted by atomic mass is 16.4. The van der Waals surface area contributed by atoms with Crippen LogP contribution < -0.4 is 0 Å². The zero-order chi connectivity index (χ0) is 11.9. The van der Waals surface area contributed by atoms with Crippen LogP contribution in [0.1, 0.15) is 53.9 Å². The van der Waals surface area contributed by atoms with Crippen molar-refractivity contribution in [3.05, 3.63) is 34.4 Å². The van der Waals surface area contributed by atoms with Crippen LogP contribution in [0.15, 0.2) is 12.1 Å². The Morgan fingerprint density at radius 2 is 2.12 bits per heavy atom. The molecule has 0 saturated carbocycles. The lowest BCUT2D eigenvalue weighted by atomic mass is 9.94. The van der Waals surface area contributed by atoms with Crippen LogP contribution in [-0.4, -0.2) is 11.1 Å². The number of benzene rings is 1. The molecule has 0 spiro atoms. The van der Waals surface area contributed by atoms with E-state index in [9.17, 15) is 4.79 Å². The lowest BCUT2D eigenvalue weighted by molar-refractivity contribution is -0.137. The van der Waals surface area contributed by atoms with E-state index in [2.05, 4.69) is 32.9 Å². The van der Waals surface area contributed by atoms with Crippen molar-refractivity contribution in [2.75, 3.05) is 0 Å². The highest BCUT2D eigenvalue weighted by Crippen LogP contribution is 2.45. The quantitative estimate of drug-likeness (QED) is 0.826. The van der Waals surface area contributed by atoms with Crippen molar-refractivity contribution < 1.29 is 9.90 Å². The molecule has 2 nitrogen and oxygen atoms in total. The molecule has 2 rings (SSSR count). The van der Waals surface area contributed by atoms with Crippen LogP contribution in [0.4, 0.5) is 0 Å². The van der Waals surface area contributed by atoms with Gasteiger partial charge in [0, 0.05) is 0 Å². The van der Waals surface area contributed by atoms with Gasteiger partial charge in [-0.15, -0.1) is 0 Å². The number of fused-ring (bicyclic) bond motifs is 1. The molecule has 0 heterocycles. The van der Waals surface area contributed by atoms with Gasteiger partial charge >= 0.3 is 5.97 Å². The number of hydrogen-bond donors (Lipinski definition) is 1. The largest absolute Gasteiger partial charge is 0.481 e. The summed E-state index contributed by atoms with van der Waals surface area (Å²) in [5, 5.41) is 8.92. The molecule has 0 aromatic heterocycles. The van der Waals surface area contributed by atoms with Crippen molar-refractivity contribution in [1.82, 2.24) is 0 Å². The minimum absolute atomic E-state index is 0.209. The molecule has 2 atom stereocenters. The Balaban J connectivity index is 2.44. The fraction of sp³-hybridized carbons (Fsp3) is 0.500. The maximum Gasteiger partial charge on any atom is 0.303 e. The van der Waals surface area contributed by atoms with Crippen LogP contribution in [0, 0.1) is 13.8 Å². The summed E-state index contributed by atoms with van der Waals surface area (Å²) in [5.74, 6) is 0.0188. The first-order valence-corrected chi connectivity index (χ1v) is 5.82. The summed E-state index contributed by atoms with van der Waals surface area (Å²) < 4.78 is 0. The van der Waals surface area contributed by atoms with Crippen molar-refractivity contribution in [3.63, 3.8) is 0 Å². The first kappa shape index (κ1) is 11.2. The summed E-state index contributed by atoms with van der Waals surface area (Å²) in [6.07, 6.45) is 1.24. The van der Waals surface area contributed by atoms with Crippen molar-refractivity contribution in [1.29, 1.82) is 0 Å². The van der Waals surface area contributed by atoms with Crippen molar-refractivity contribution in [2.45, 2.75) is 45.4 Å². The predicted octanol–water partition coefficient (Wildman–Crippen LogP) is 3.37. The molecule has 0 bridgehead atoms. The standard InChI is InChI=1S/C14H18O2/c1-8-4-9(2)14-10(3)6-11(7-13(15)16)12(14)5-8/h4-5,10-11H,6-7H2,1-3H3,(H,15,16). The molecule has 1 aliphatic rings. The third-order valence-corrected chi connectivity index (χ3v) is 3.55. The molecule has 1 N–H and O–H groups in total. The number of rotatable bonds is 2. The predicted molar refractivity (Wildman–Crippen MR) is 63.9 cm³/mol. The smallest absolute Gasteiger partial charge is 0.303 e. The van der Waals surface area contributed by atoms with E-state index in [1.807, 2.05) is 0 Å². The van der Waals surface area contributed by atoms with E-state index in [-0.39, 0.29) is 12.3 Å². The first-order chi connectivity index (χ1) is 7.49. The second kappa shape index (κ2) is 3.93. The monoisotopic (exact) mass is 218 g/mol. The Morgan fingerprint density at radius 3 is 2.75 bits per heavy atom. The Hall–Kier alpha value is -1.31. The van der Waals surface area contributed by atoms with E-state index in [0.717, 1.165) is 6.42 Å². The Labute approximate surface area is 96.3 Å². The molecule has 0 fully saturated rings. The van der Waals surface area contributed by atoms with E-state index in [0.29, 0.717) is 5.92 Å². The third kappa shape index (κ3) is 1.84. The lowest BCUT2D eigenvalue weighted by Gasteiger charge is -2.11. The Morgan fingerprint density at radius 1 is 1.44 bits per heavy atom. The summed E-state index contributed by atoms with van der Waals surface area (Å²) in [6, 6.07) is 4.36. The van der Waals surface area contributed by atoms with Gasteiger partial charge in [0.05, 0.1) is 6.42 Å². The molecule has 16 heavy (non-hydrogen) atoms. The SMILES string of the molecule is Cc1cc(C)c2c(c1)C(CC(=O)O)CC2C. The maximum absolute atomic E-state index is 10.8. The minimum atomic E-state index is -0.691. The van der Waals surface area contributed by atoms with Crippen LogP contribution in [-0.2, 0) is 4.79 Å². The average molecular weight is 218 g/mol. The van der Waals surface area contributed by atoms with Gasteiger partial charge in [-0.1, -0.05) is 24.6 Å². The Bertz CT molecular complexity index is 435. The molecular formula is C14H18O2. The second-order valence-corrected chi connectivity index (χ2v) is 5.02.